The second kappa shape index (κ2) is 7.07. The van der Waals surface area contributed by atoms with Crippen molar-refractivity contribution in [3.8, 4) is 0 Å². The first-order valence-corrected chi connectivity index (χ1v) is 9.30. The Balaban J connectivity index is 2.07. The molecular formula is C14H26N2O4S. The number of nitrogens with zero attached hydrogens (tertiary/aromatic N) is 2. The molecule has 2 aliphatic rings. The molecule has 6 nitrogen and oxygen atoms in total. The summed E-state index contributed by atoms with van der Waals surface area (Å²) in [6.07, 6.45) is 4.33. The topological polar surface area (TPSA) is 66.9 Å². The van der Waals surface area contributed by atoms with Gasteiger partial charge in [-0.15, -0.1) is 0 Å². The smallest absolute Gasteiger partial charge is 0.310 e. The summed E-state index contributed by atoms with van der Waals surface area (Å²) in [5.74, 6) is -0.599. The number of hydrogen-bond donors (Lipinski definition) is 0. The van der Waals surface area contributed by atoms with Crippen LogP contribution < -0.4 is 0 Å². The molecule has 0 aromatic heterocycles. The Morgan fingerprint density at radius 1 is 1.19 bits per heavy atom. The van der Waals surface area contributed by atoms with Crippen LogP contribution in [0.1, 0.15) is 46.0 Å². The van der Waals surface area contributed by atoms with Gasteiger partial charge in [0.05, 0.1) is 12.5 Å². The predicted molar refractivity (Wildman–Crippen MR) is 79.9 cm³/mol. The van der Waals surface area contributed by atoms with Gasteiger partial charge >= 0.3 is 5.97 Å². The van der Waals surface area contributed by atoms with E-state index in [1.165, 1.54) is 4.31 Å². The standard InChI is InChI=1S/C14H26N2O4S/c1-3-20-14(17)13-8-6-9-15(11-13)21(18,19)16-10-5-4-7-12(16)2/h12-13H,3-11H2,1-2H3/t12?,13-/m1/s1. The maximum Gasteiger partial charge on any atom is 0.310 e. The first-order valence-electron chi connectivity index (χ1n) is 7.90. The van der Waals surface area contributed by atoms with Crippen LogP contribution in [0.25, 0.3) is 0 Å². The van der Waals surface area contributed by atoms with Gasteiger partial charge in [0.25, 0.3) is 10.2 Å². The molecule has 2 atom stereocenters. The number of esters is 1. The van der Waals surface area contributed by atoms with E-state index in [1.54, 1.807) is 11.2 Å². The van der Waals surface area contributed by atoms with E-state index in [0.717, 1.165) is 19.3 Å². The van der Waals surface area contributed by atoms with E-state index in [1.807, 2.05) is 6.92 Å². The van der Waals surface area contributed by atoms with Crippen LogP contribution in [0.15, 0.2) is 0 Å². The Labute approximate surface area is 127 Å². The van der Waals surface area contributed by atoms with Gasteiger partial charge in [-0.1, -0.05) is 6.42 Å². The number of carbonyl (C=O) groups is 1. The first-order chi connectivity index (χ1) is 9.96. The van der Waals surface area contributed by atoms with Crippen LogP contribution in [-0.4, -0.2) is 55.3 Å². The van der Waals surface area contributed by atoms with Crippen LogP contribution in [0.2, 0.25) is 0 Å². The largest absolute Gasteiger partial charge is 0.466 e. The van der Waals surface area contributed by atoms with E-state index in [2.05, 4.69) is 0 Å². The lowest BCUT2D eigenvalue weighted by atomic mass is 10.0. The molecule has 0 saturated carbocycles. The molecule has 0 aromatic rings. The molecule has 0 aliphatic carbocycles. The van der Waals surface area contributed by atoms with Gasteiger partial charge in [-0.3, -0.25) is 4.79 Å². The van der Waals surface area contributed by atoms with Crippen molar-refractivity contribution in [2.24, 2.45) is 5.92 Å². The van der Waals surface area contributed by atoms with E-state index in [0.29, 0.717) is 32.5 Å². The molecule has 7 heteroatoms. The van der Waals surface area contributed by atoms with Crippen molar-refractivity contribution in [3.05, 3.63) is 0 Å². The highest BCUT2D eigenvalue weighted by molar-refractivity contribution is 7.86. The Kier molecular flexibility index (Phi) is 5.62. The molecule has 2 fully saturated rings. The zero-order valence-electron chi connectivity index (χ0n) is 13.0. The quantitative estimate of drug-likeness (QED) is 0.735. The minimum atomic E-state index is -3.46. The Bertz CT molecular complexity index is 466. The molecule has 0 radical (unpaired) electrons. The fourth-order valence-electron chi connectivity index (χ4n) is 3.17. The third-order valence-corrected chi connectivity index (χ3v) is 6.49. The lowest BCUT2D eigenvalue weighted by molar-refractivity contribution is -0.149. The summed E-state index contributed by atoms with van der Waals surface area (Å²) in [6, 6.07) is 0.0479. The third kappa shape index (κ3) is 3.76. The van der Waals surface area contributed by atoms with Gasteiger partial charge in [-0.05, 0) is 39.5 Å². The molecule has 2 aliphatic heterocycles. The zero-order valence-corrected chi connectivity index (χ0v) is 13.8. The number of ether oxygens (including phenoxy) is 1. The van der Waals surface area contributed by atoms with Gasteiger partial charge in [0.15, 0.2) is 0 Å². The Morgan fingerprint density at radius 2 is 1.95 bits per heavy atom. The average Bonchev–Trinajstić information content (AvgIpc) is 2.48. The van der Waals surface area contributed by atoms with Crippen molar-refractivity contribution in [2.75, 3.05) is 26.2 Å². The van der Waals surface area contributed by atoms with Crippen LogP contribution in [-0.2, 0) is 19.7 Å². The lowest BCUT2D eigenvalue weighted by Gasteiger charge is -2.38. The first kappa shape index (κ1) is 16.7. The monoisotopic (exact) mass is 318 g/mol. The summed E-state index contributed by atoms with van der Waals surface area (Å²) in [4.78, 5) is 11.9. The number of hydrogen-bond acceptors (Lipinski definition) is 4. The molecule has 0 N–H and O–H groups in total. The van der Waals surface area contributed by atoms with Crippen LogP contribution in [0, 0.1) is 5.92 Å². The minimum Gasteiger partial charge on any atom is -0.466 e. The van der Waals surface area contributed by atoms with Gasteiger partial charge in [-0.2, -0.15) is 17.0 Å². The number of carbonyl (C=O) groups excluding carboxylic acids is 1. The molecule has 2 heterocycles. The molecule has 1 unspecified atom stereocenters. The van der Waals surface area contributed by atoms with Crippen molar-refractivity contribution in [1.82, 2.24) is 8.61 Å². The fraction of sp³-hybridized carbons (Fsp3) is 0.929. The molecule has 0 bridgehead atoms. The van der Waals surface area contributed by atoms with Crippen molar-refractivity contribution in [3.63, 3.8) is 0 Å². The van der Waals surface area contributed by atoms with Crippen molar-refractivity contribution in [2.45, 2.75) is 52.0 Å². The summed E-state index contributed by atoms with van der Waals surface area (Å²) < 4.78 is 33.7. The molecule has 122 valence electrons. The number of rotatable bonds is 4. The van der Waals surface area contributed by atoms with Crippen LogP contribution in [0.4, 0.5) is 0 Å². The summed E-state index contributed by atoms with van der Waals surface area (Å²) in [5.41, 5.74) is 0. The van der Waals surface area contributed by atoms with Gasteiger partial charge in [-0.25, -0.2) is 0 Å². The maximum atomic E-state index is 12.8. The van der Waals surface area contributed by atoms with Crippen molar-refractivity contribution in [1.29, 1.82) is 0 Å². The summed E-state index contributed by atoms with van der Waals surface area (Å²) in [6.45, 7) is 5.41. The molecule has 0 amide bonds. The molecule has 21 heavy (non-hydrogen) atoms. The van der Waals surface area contributed by atoms with E-state index >= 15 is 0 Å². The highest BCUT2D eigenvalue weighted by Gasteiger charge is 2.38. The highest BCUT2D eigenvalue weighted by Crippen LogP contribution is 2.26. The molecular weight excluding hydrogens is 292 g/mol. The van der Waals surface area contributed by atoms with E-state index < -0.39 is 10.2 Å². The van der Waals surface area contributed by atoms with Crippen LogP contribution >= 0.6 is 0 Å². The third-order valence-electron chi connectivity index (χ3n) is 4.37. The van der Waals surface area contributed by atoms with E-state index in [-0.39, 0.29) is 24.5 Å². The molecule has 0 spiro atoms. The Hall–Kier alpha value is -0.660. The normalized spacial score (nSPS) is 29.2. The average molecular weight is 318 g/mol. The van der Waals surface area contributed by atoms with Crippen LogP contribution in [0.3, 0.4) is 0 Å². The summed E-state index contributed by atoms with van der Waals surface area (Å²) >= 11 is 0. The van der Waals surface area contributed by atoms with Gasteiger partial charge < -0.3 is 4.74 Å². The highest BCUT2D eigenvalue weighted by atomic mass is 32.2. The molecule has 2 rings (SSSR count). The van der Waals surface area contributed by atoms with Gasteiger partial charge in [0.2, 0.25) is 0 Å². The Morgan fingerprint density at radius 3 is 2.62 bits per heavy atom. The van der Waals surface area contributed by atoms with E-state index in [4.69, 9.17) is 4.74 Å². The van der Waals surface area contributed by atoms with Crippen LogP contribution in [0.5, 0.6) is 0 Å². The van der Waals surface area contributed by atoms with Crippen molar-refractivity contribution >= 4 is 16.2 Å². The number of piperidine rings is 2. The fourth-order valence-corrected chi connectivity index (χ4v) is 5.11. The van der Waals surface area contributed by atoms with Gasteiger partial charge in [0, 0.05) is 25.7 Å². The van der Waals surface area contributed by atoms with Gasteiger partial charge in [0.1, 0.15) is 0 Å². The zero-order chi connectivity index (χ0) is 15.5. The molecule has 2 saturated heterocycles. The summed E-state index contributed by atoms with van der Waals surface area (Å²) in [5, 5.41) is 0. The van der Waals surface area contributed by atoms with Crippen molar-refractivity contribution < 1.29 is 17.9 Å². The summed E-state index contributed by atoms with van der Waals surface area (Å²) in [7, 11) is -3.46. The maximum absolute atomic E-state index is 12.8. The lowest BCUT2D eigenvalue weighted by Crippen LogP contribution is -2.53. The predicted octanol–water partition coefficient (Wildman–Crippen LogP) is 1.38. The van der Waals surface area contributed by atoms with E-state index in [9.17, 15) is 13.2 Å². The second-order valence-electron chi connectivity index (χ2n) is 5.91. The second-order valence-corrected chi connectivity index (χ2v) is 7.79. The molecule has 0 aromatic carbocycles. The minimum absolute atomic E-state index is 0.0479. The SMILES string of the molecule is CCOC(=O)[C@@H]1CCCN(S(=O)(=O)N2CCCCC2C)C1.